The molecular formula is C26H27F2N7O5. The molecule has 1 unspecified atom stereocenters. The molecule has 0 amide bonds. The molecule has 12 nitrogen and oxygen atoms in total. The molecule has 0 aliphatic carbocycles. The topological polar surface area (TPSA) is 193 Å². The SMILES string of the molecule is COC(=O)C1CCCCN1c1c(F)c(Oc2cccc(NC(=N)N)c2)nc(Oc2cc(C(=N)N)ccc2O)c1F. The van der Waals surface area contributed by atoms with Gasteiger partial charge in [-0.15, -0.1) is 0 Å². The molecule has 3 aromatic rings. The van der Waals surface area contributed by atoms with Crippen LogP contribution in [0.2, 0.25) is 0 Å². The highest BCUT2D eigenvalue weighted by Crippen LogP contribution is 2.41. The Balaban J connectivity index is 1.84. The van der Waals surface area contributed by atoms with Crippen molar-refractivity contribution in [2.75, 3.05) is 23.9 Å². The van der Waals surface area contributed by atoms with E-state index in [1.54, 1.807) is 12.1 Å². The van der Waals surface area contributed by atoms with E-state index in [0.717, 1.165) is 0 Å². The van der Waals surface area contributed by atoms with Gasteiger partial charge in [0.05, 0.1) is 7.11 Å². The number of halogens is 2. The van der Waals surface area contributed by atoms with E-state index in [0.29, 0.717) is 24.9 Å². The molecule has 2 heterocycles. The summed E-state index contributed by atoms with van der Waals surface area (Å²) in [6.45, 7) is 0.125. The Morgan fingerprint density at radius 3 is 2.50 bits per heavy atom. The number of ether oxygens (including phenoxy) is 3. The van der Waals surface area contributed by atoms with Crippen LogP contribution in [0.3, 0.4) is 0 Å². The van der Waals surface area contributed by atoms with Crippen molar-refractivity contribution in [2.24, 2.45) is 11.5 Å². The van der Waals surface area contributed by atoms with E-state index in [9.17, 15) is 9.90 Å². The number of guanidine groups is 1. The molecule has 14 heteroatoms. The number of benzene rings is 2. The molecule has 210 valence electrons. The molecule has 1 aromatic heterocycles. The van der Waals surface area contributed by atoms with E-state index in [4.69, 9.17) is 36.5 Å². The van der Waals surface area contributed by atoms with Crippen molar-refractivity contribution in [3.8, 4) is 29.0 Å². The molecule has 1 fully saturated rings. The number of esters is 1. The molecule has 1 aliphatic heterocycles. The number of hydrogen-bond donors (Lipinski definition) is 6. The molecule has 0 spiro atoms. The number of methoxy groups -OCH3 is 1. The number of hydrogen-bond acceptors (Lipinski definition) is 9. The fraction of sp³-hybridized carbons (Fsp3) is 0.231. The third-order valence-corrected chi connectivity index (χ3v) is 6.06. The summed E-state index contributed by atoms with van der Waals surface area (Å²) in [6, 6.07) is 8.77. The first-order chi connectivity index (χ1) is 19.1. The normalized spacial score (nSPS) is 14.8. The highest BCUT2D eigenvalue weighted by Gasteiger charge is 2.36. The number of rotatable bonds is 8. The zero-order valence-electron chi connectivity index (χ0n) is 21.3. The van der Waals surface area contributed by atoms with Gasteiger partial charge in [-0.2, -0.15) is 13.8 Å². The molecule has 1 saturated heterocycles. The van der Waals surface area contributed by atoms with Crippen LogP contribution in [0, 0.1) is 22.5 Å². The van der Waals surface area contributed by atoms with Crippen molar-refractivity contribution >= 4 is 29.1 Å². The number of amidine groups is 1. The van der Waals surface area contributed by atoms with E-state index in [2.05, 4.69) is 10.3 Å². The van der Waals surface area contributed by atoms with Gasteiger partial charge in [-0.05, 0) is 49.6 Å². The van der Waals surface area contributed by atoms with Crippen LogP contribution < -0.4 is 31.2 Å². The Hall–Kier alpha value is -5.14. The Kier molecular flexibility index (Phi) is 8.17. The fourth-order valence-corrected chi connectivity index (χ4v) is 4.23. The lowest BCUT2D eigenvalue weighted by atomic mass is 10.0. The number of anilines is 2. The largest absolute Gasteiger partial charge is 0.504 e. The molecule has 0 radical (unpaired) electrons. The summed E-state index contributed by atoms with van der Waals surface area (Å²) in [4.78, 5) is 17.6. The quantitative estimate of drug-likeness (QED) is 0.135. The van der Waals surface area contributed by atoms with Crippen LogP contribution in [0.5, 0.6) is 29.0 Å². The van der Waals surface area contributed by atoms with Crippen LogP contribution in [0.1, 0.15) is 24.8 Å². The average molecular weight is 556 g/mol. The zero-order valence-corrected chi connectivity index (χ0v) is 21.3. The summed E-state index contributed by atoms with van der Waals surface area (Å²) < 4.78 is 48.1. The van der Waals surface area contributed by atoms with Gasteiger partial charge in [-0.3, -0.25) is 10.8 Å². The zero-order chi connectivity index (χ0) is 29.0. The first-order valence-corrected chi connectivity index (χ1v) is 12.1. The first-order valence-electron chi connectivity index (χ1n) is 12.1. The molecule has 40 heavy (non-hydrogen) atoms. The van der Waals surface area contributed by atoms with Crippen LogP contribution in [-0.4, -0.2) is 47.6 Å². The number of aromatic hydroxyl groups is 1. The number of phenols is 1. The highest BCUT2D eigenvalue weighted by molar-refractivity contribution is 5.95. The van der Waals surface area contributed by atoms with Gasteiger partial charge in [0, 0.05) is 23.9 Å². The Bertz CT molecular complexity index is 1470. The number of aromatic nitrogens is 1. The van der Waals surface area contributed by atoms with E-state index < -0.39 is 46.8 Å². The van der Waals surface area contributed by atoms with Crippen LogP contribution in [-0.2, 0) is 9.53 Å². The van der Waals surface area contributed by atoms with Crippen LogP contribution in [0.4, 0.5) is 20.2 Å². The van der Waals surface area contributed by atoms with Crippen LogP contribution in [0.25, 0.3) is 0 Å². The molecule has 8 N–H and O–H groups in total. The Morgan fingerprint density at radius 1 is 1.10 bits per heavy atom. The number of carbonyl (C=O) groups is 1. The van der Waals surface area contributed by atoms with Crippen molar-refractivity contribution < 1.29 is 32.9 Å². The van der Waals surface area contributed by atoms with Crippen molar-refractivity contribution in [3.05, 3.63) is 59.7 Å². The van der Waals surface area contributed by atoms with Gasteiger partial charge in [-0.25, -0.2) is 4.79 Å². The maximum atomic E-state index is 16.0. The lowest BCUT2D eigenvalue weighted by molar-refractivity contribution is -0.142. The minimum Gasteiger partial charge on any atom is -0.504 e. The van der Waals surface area contributed by atoms with Gasteiger partial charge in [0.25, 0.3) is 11.8 Å². The number of phenolic OH excluding ortho intramolecular Hbond substituents is 1. The number of carbonyl (C=O) groups excluding carboxylic acids is 1. The number of piperidine rings is 1. The molecular weight excluding hydrogens is 528 g/mol. The Morgan fingerprint density at radius 2 is 1.82 bits per heavy atom. The molecule has 0 bridgehead atoms. The third kappa shape index (κ3) is 5.95. The van der Waals surface area contributed by atoms with Gasteiger partial charge in [0.2, 0.25) is 11.6 Å². The molecule has 4 rings (SSSR count). The maximum absolute atomic E-state index is 16.0. The Labute approximate surface area is 227 Å². The van der Waals surface area contributed by atoms with Crippen LogP contribution >= 0.6 is 0 Å². The molecule has 2 aromatic carbocycles. The minimum atomic E-state index is -1.25. The number of nitrogen functional groups attached to an aromatic ring is 1. The van der Waals surface area contributed by atoms with Gasteiger partial charge < -0.3 is 41.0 Å². The van der Waals surface area contributed by atoms with E-state index in [1.165, 1.54) is 42.3 Å². The number of nitrogens with zero attached hydrogens (tertiary/aromatic N) is 2. The number of nitrogens with two attached hydrogens (primary N) is 2. The van der Waals surface area contributed by atoms with Gasteiger partial charge >= 0.3 is 5.97 Å². The minimum absolute atomic E-state index is 0.0609. The van der Waals surface area contributed by atoms with Crippen molar-refractivity contribution in [1.29, 1.82) is 10.8 Å². The second-order valence-corrected chi connectivity index (χ2v) is 8.79. The number of nitrogens with one attached hydrogen (secondary N) is 3. The average Bonchev–Trinajstić information content (AvgIpc) is 2.92. The number of pyridine rings is 1. The molecule has 0 saturated carbocycles. The summed E-state index contributed by atoms with van der Waals surface area (Å²) in [6.07, 6.45) is 1.47. The van der Waals surface area contributed by atoms with Crippen molar-refractivity contribution in [3.63, 3.8) is 0 Å². The van der Waals surface area contributed by atoms with Gasteiger partial charge in [-0.1, -0.05) is 6.07 Å². The molecule has 1 aliphatic rings. The lowest BCUT2D eigenvalue weighted by Gasteiger charge is -2.36. The summed E-state index contributed by atoms with van der Waals surface area (Å²) in [5.74, 6) is -5.93. The van der Waals surface area contributed by atoms with Crippen molar-refractivity contribution in [1.82, 2.24) is 4.98 Å². The van der Waals surface area contributed by atoms with Crippen molar-refractivity contribution in [2.45, 2.75) is 25.3 Å². The first kappa shape index (κ1) is 27.9. The summed E-state index contributed by atoms with van der Waals surface area (Å²) >= 11 is 0. The van der Waals surface area contributed by atoms with E-state index in [1.807, 2.05) is 0 Å². The predicted octanol–water partition coefficient (Wildman–Crippen LogP) is 3.77. The summed E-state index contributed by atoms with van der Waals surface area (Å²) in [5.41, 5.74) is 10.8. The van der Waals surface area contributed by atoms with E-state index in [-0.39, 0.29) is 35.4 Å². The predicted molar refractivity (Wildman–Crippen MR) is 142 cm³/mol. The lowest BCUT2D eigenvalue weighted by Crippen LogP contribution is -2.46. The highest BCUT2D eigenvalue weighted by atomic mass is 19.1. The fourth-order valence-electron chi connectivity index (χ4n) is 4.23. The third-order valence-electron chi connectivity index (χ3n) is 6.06. The second-order valence-electron chi connectivity index (χ2n) is 8.79. The molecule has 1 atom stereocenters. The van der Waals surface area contributed by atoms with Gasteiger partial charge in [0.15, 0.2) is 17.5 Å². The van der Waals surface area contributed by atoms with Gasteiger partial charge in [0.1, 0.15) is 23.3 Å². The monoisotopic (exact) mass is 555 g/mol. The maximum Gasteiger partial charge on any atom is 0.328 e. The second kappa shape index (κ2) is 11.7. The van der Waals surface area contributed by atoms with E-state index >= 15 is 8.78 Å². The summed E-state index contributed by atoms with van der Waals surface area (Å²) in [5, 5.41) is 27.9. The summed E-state index contributed by atoms with van der Waals surface area (Å²) in [7, 11) is 1.18. The standard InChI is InChI=1S/C26H27F2N7O5/c1-38-25(37)16-7-2-3-10-35(16)21-19(27)23(39-15-6-4-5-14(12-15)33-26(31)32)34-24(20(21)28)40-18-11-13(22(29)30)8-9-17(18)36/h4-6,8-9,11-12,16,36H,2-3,7,10H2,1H3,(H3,29,30)(H4,31,32,33). The van der Waals surface area contributed by atoms with Crippen LogP contribution in [0.15, 0.2) is 42.5 Å². The smallest absolute Gasteiger partial charge is 0.328 e.